The topological polar surface area (TPSA) is 21.8 Å². The van der Waals surface area contributed by atoms with E-state index in [0.717, 1.165) is 32.7 Å². The molecule has 0 saturated carbocycles. The Kier molecular flexibility index (Phi) is 4.81. The monoisotopic (exact) mass is 236 g/mol. The zero-order chi connectivity index (χ0) is 12.1. The first-order valence-electron chi connectivity index (χ1n) is 6.63. The van der Waals surface area contributed by atoms with Gasteiger partial charge in [-0.25, -0.2) is 5.01 Å². The summed E-state index contributed by atoms with van der Waals surface area (Å²) in [6, 6.07) is 0.646. The quantitative estimate of drug-likeness (QED) is 0.687. The van der Waals surface area contributed by atoms with Crippen LogP contribution in [0.1, 0.15) is 12.8 Å². The molecular formula is C13H24N4. The lowest BCUT2D eigenvalue weighted by Gasteiger charge is -2.38. The lowest BCUT2D eigenvalue weighted by atomic mass is 10.1. The van der Waals surface area contributed by atoms with Crippen molar-refractivity contribution in [3.63, 3.8) is 0 Å². The molecule has 2 rings (SSSR count). The van der Waals surface area contributed by atoms with E-state index in [9.17, 15) is 0 Å². The van der Waals surface area contributed by atoms with Crippen molar-refractivity contribution in [2.75, 3.05) is 52.9 Å². The van der Waals surface area contributed by atoms with Crippen molar-refractivity contribution in [2.24, 2.45) is 0 Å². The molecule has 2 heterocycles. The summed E-state index contributed by atoms with van der Waals surface area (Å²) in [6.45, 7) is 7.69. The van der Waals surface area contributed by atoms with Crippen molar-refractivity contribution in [3.8, 4) is 12.3 Å². The first kappa shape index (κ1) is 12.8. The second-order valence-corrected chi connectivity index (χ2v) is 5.17. The molecule has 2 saturated heterocycles. The summed E-state index contributed by atoms with van der Waals surface area (Å²) < 4.78 is 0. The smallest absolute Gasteiger partial charge is 0.0598 e. The number of hydrogen-bond donors (Lipinski definition) is 1. The van der Waals surface area contributed by atoms with Gasteiger partial charge in [-0.1, -0.05) is 5.92 Å². The molecule has 4 heteroatoms. The largest absolute Gasteiger partial charge is 0.304 e. The summed E-state index contributed by atoms with van der Waals surface area (Å²) in [7, 11) is 2.19. The molecule has 2 aliphatic rings. The van der Waals surface area contributed by atoms with Gasteiger partial charge in [0, 0.05) is 45.3 Å². The van der Waals surface area contributed by atoms with Crippen LogP contribution in [0.2, 0.25) is 0 Å². The molecule has 0 aromatic rings. The third-order valence-electron chi connectivity index (χ3n) is 3.77. The Morgan fingerprint density at radius 3 is 2.35 bits per heavy atom. The molecule has 0 unspecified atom stereocenters. The highest BCUT2D eigenvalue weighted by Gasteiger charge is 2.21. The van der Waals surface area contributed by atoms with E-state index in [1.165, 1.54) is 25.9 Å². The van der Waals surface area contributed by atoms with E-state index >= 15 is 0 Å². The van der Waals surface area contributed by atoms with E-state index in [2.05, 4.69) is 33.2 Å². The highest BCUT2D eigenvalue weighted by molar-refractivity contribution is 4.90. The van der Waals surface area contributed by atoms with Crippen LogP contribution in [0.3, 0.4) is 0 Å². The number of nitrogens with zero attached hydrogens (tertiary/aromatic N) is 3. The number of likely N-dealkylation sites (N-methyl/N-ethyl adjacent to an activating group) is 1. The number of hydrogen-bond acceptors (Lipinski definition) is 4. The second-order valence-electron chi connectivity index (χ2n) is 5.17. The molecule has 96 valence electrons. The van der Waals surface area contributed by atoms with Gasteiger partial charge in [-0.15, -0.1) is 6.42 Å². The average Bonchev–Trinajstić information content (AvgIpc) is 2.35. The summed E-state index contributed by atoms with van der Waals surface area (Å²) in [5, 5.41) is 2.39. The minimum atomic E-state index is 0.646. The van der Waals surface area contributed by atoms with E-state index in [0.29, 0.717) is 6.04 Å². The SMILES string of the molecule is C#CCN1CCC(NN2CCN(C)CC2)CC1. The fourth-order valence-corrected chi connectivity index (χ4v) is 2.54. The zero-order valence-corrected chi connectivity index (χ0v) is 10.9. The van der Waals surface area contributed by atoms with Crippen LogP contribution in [0.15, 0.2) is 0 Å². The van der Waals surface area contributed by atoms with Gasteiger partial charge in [0.1, 0.15) is 0 Å². The van der Waals surface area contributed by atoms with Crippen molar-refractivity contribution in [1.82, 2.24) is 20.2 Å². The van der Waals surface area contributed by atoms with E-state index < -0.39 is 0 Å². The lowest BCUT2D eigenvalue weighted by Crippen LogP contribution is -2.55. The fraction of sp³-hybridized carbons (Fsp3) is 0.846. The van der Waals surface area contributed by atoms with E-state index in [4.69, 9.17) is 6.42 Å². The normalized spacial score (nSPS) is 25.9. The molecular weight excluding hydrogens is 212 g/mol. The molecule has 0 atom stereocenters. The third-order valence-corrected chi connectivity index (χ3v) is 3.77. The summed E-state index contributed by atoms with van der Waals surface area (Å²) in [4.78, 5) is 4.75. The summed E-state index contributed by atoms with van der Waals surface area (Å²) in [6.07, 6.45) is 7.77. The van der Waals surface area contributed by atoms with E-state index in [1.807, 2.05) is 0 Å². The van der Waals surface area contributed by atoms with Gasteiger partial charge in [-0.2, -0.15) is 0 Å². The summed E-state index contributed by atoms with van der Waals surface area (Å²) in [5.74, 6) is 2.73. The van der Waals surface area contributed by atoms with Crippen molar-refractivity contribution >= 4 is 0 Å². The van der Waals surface area contributed by atoms with Gasteiger partial charge in [0.2, 0.25) is 0 Å². The Hall–Kier alpha value is -0.600. The zero-order valence-electron chi connectivity index (χ0n) is 10.9. The van der Waals surface area contributed by atoms with Gasteiger partial charge in [0.15, 0.2) is 0 Å². The van der Waals surface area contributed by atoms with Crippen molar-refractivity contribution in [2.45, 2.75) is 18.9 Å². The van der Waals surface area contributed by atoms with Gasteiger partial charge >= 0.3 is 0 Å². The number of hydrazine groups is 1. The first-order chi connectivity index (χ1) is 8.28. The number of nitrogens with one attached hydrogen (secondary N) is 1. The van der Waals surface area contributed by atoms with Crippen LogP contribution < -0.4 is 5.43 Å². The minimum Gasteiger partial charge on any atom is -0.304 e. The molecule has 0 aliphatic carbocycles. The van der Waals surface area contributed by atoms with Crippen molar-refractivity contribution in [1.29, 1.82) is 0 Å². The number of piperazine rings is 1. The molecule has 0 aromatic carbocycles. The molecule has 4 nitrogen and oxygen atoms in total. The van der Waals surface area contributed by atoms with Gasteiger partial charge in [0.25, 0.3) is 0 Å². The average molecular weight is 236 g/mol. The van der Waals surface area contributed by atoms with Crippen LogP contribution in [-0.2, 0) is 0 Å². The maximum absolute atomic E-state index is 5.34. The molecule has 1 N–H and O–H groups in total. The van der Waals surface area contributed by atoms with Crippen molar-refractivity contribution in [3.05, 3.63) is 0 Å². The highest BCUT2D eigenvalue weighted by Crippen LogP contribution is 2.10. The Morgan fingerprint density at radius 1 is 1.12 bits per heavy atom. The van der Waals surface area contributed by atoms with Crippen LogP contribution in [0.5, 0.6) is 0 Å². The van der Waals surface area contributed by atoms with Crippen LogP contribution in [0.4, 0.5) is 0 Å². The van der Waals surface area contributed by atoms with Gasteiger partial charge in [-0.05, 0) is 19.9 Å². The predicted octanol–water partition coefficient (Wildman–Crippen LogP) is -0.164. The fourth-order valence-electron chi connectivity index (χ4n) is 2.54. The Morgan fingerprint density at radius 2 is 1.76 bits per heavy atom. The van der Waals surface area contributed by atoms with Crippen molar-refractivity contribution < 1.29 is 0 Å². The summed E-state index contributed by atoms with van der Waals surface area (Å²) >= 11 is 0. The van der Waals surface area contributed by atoms with Gasteiger partial charge < -0.3 is 4.90 Å². The Labute approximate surface area is 105 Å². The van der Waals surface area contributed by atoms with Crippen LogP contribution in [-0.4, -0.2) is 73.7 Å². The molecule has 0 amide bonds. The lowest BCUT2D eigenvalue weighted by molar-refractivity contribution is 0.0687. The maximum Gasteiger partial charge on any atom is 0.0598 e. The van der Waals surface area contributed by atoms with Crippen LogP contribution in [0.25, 0.3) is 0 Å². The van der Waals surface area contributed by atoms with Gasteiger partial charge in [-0.3, -0.25) is 10.3 Å². The number of rotatable bonds is 3. The molecule has 2 fully saturated rings. The molecule has 0 radical (unpaired) electrons. The number of likely N-dealkylation sites (tertiary alicyclic amines) is 1. The van der Waals surface area contributed by atoms with Crippen LogP contribution >= 0.6 is 0 Å². The van der Waals surface area contributed by atoms with Gasteiger partial charge in [0.05, 0.1) is 6.54 Å². The minimum absolute atomic E-state index is 0.646. The Bertz CT molecular complexity index is 257. The molecule has 2 aliphatic heterocycles. The van der Waals surface area contributed by atoms with E-state index in [-0.39, 0.29) is 0 Å². The Balaban J connectivity index is 1.66. The summed E-state index contributed by atoms with van der Waals surface area (Å²) in [5.41, 5.74) is 3.67. The van der Waals surface area contributed by atoms with Crippen LogP contribution in [0, 0.1) is 12.3 Å². The molecule has 0 bridgehead atoms. The highest BCUT2D eigenvalue weighted by atomic mass is 15.5. The molecule has 17 heavy (non-hydrogen) atoms. The second kappa shape index (κ2) is 6.36. The van der Waals surface area contributed by atoms with E-state index in [1.54, 1.807) is 0 Å². The molecule has 0 aromatic heterocycles. The first-order valence-corrected chi connectivity index (χ1v) is 6.63. The standard InChI is InChI=1S/C13H24N4/c1-3-6-16-7-4-13(5-8-16)14-17-11-9-15(2)10-12-17/h1,13-14H,4-12H2,2H3. The number of terminal acetylenes is 1. The predicted molar refractivity (Wildman–Crippen MR) is 70.5 cm³/mol. The molecule has 0 spiro atoms. The number of piperidine rings is 1. The maximum atomic E-state index is 5.34. The third kappa shape index (κ3) is 3.97.